The molecule has 2 aromatic carbocycles. The fourth-order valence-electron chi connectivity index (χ4n) is 3.87. The number of carboxylic acids is 1. The molecule has 2 aliphatic heterocycles. The number of aliphatic hydroxyl groups excluding tert-OH is 1. The molecule has 6 nitrogen and oxygen atoms in total. The van der Waals surface area contributed by atoms with Crippen LogP contribution in [0.3, 0.4) is 0 Å². The molecule has 0 saturated carbocycles. The zero-order chi connectivity index (χ0) is 22.9. The first-order chi connectivity index (χ1) is 15.5. The number of nitrogens with zero attached hydrogens (tertiary/aromatic N) is 3. The van der Waals surface area contributed by atoms with Gasteiger partial charge in [-0.25, -0.2) is 0 Å². The fraction of sp³-hybridized carbons (Fsp3) is 0.458. The number of hydrogen-bond donors (Lipinski definition) is 2. The molecule has 0 unspecified atom stereocenters. The van der Waals surface area contributed by atoms with Crippen LogP contribution in [0.15, 0.2) is 52.3 Å². The number of aliphatic carboxylic acids is 1. The van der Waals surface area contributed by atoms with E-state index in [0.717, 1.165) is 57.3 Å². The Labute approximate surface area is 199 Å². The summed E-state index contributed by atoms with van der Waals surface area (Å²) in [5.41, 5.74) is 2.50. The molecule has 8 heteroatoms. The van der Waals surface area contributed by atoms with Gasteiger partial charge in [0.2, 0.25) is 0 Å². The molecule has 0 amide bonds. The van der Waals surface area contributed by atoms with Gasteiger partial charge < -0.3 is 20.0 Å². The van der Waals surface area contributed by atoms with E-state index in [1.807, 2.05) is 17.8 Å². The molecule has 4 rings (SSSR count). The second-order valence-electron chi connectivity index (χ2n) is 7.84. The van der Waals surface area contributed by atoms with Gasteiger partial charge in [-0.2, -0.15) is 0 Å². The minimum atomic E-state index is -0.745. The van der Waals surface area contributed by atoms with Crippen molar-refractivity contribution in [3.8, 4) is 0 Å². The maximum atomic E-state index is 9.37. The van der Waals surface area contributed by atoms with Crippen LogP contribution in [-0.2, 0) is 4.79 Å². The fourth-order valence-corrected chi connectivity index (χ4v) is 5.12. The van der Waals surface area contributed by atoms with Crippen LogP contribution in [0.25, 0.3) is 0 Å². The summed E-state index contributed by atoms with van der Waals surface area (Å²) in [7, 11) is 0. The molecule has 1 fully saturated rings. The first-order valence-corrected chi connectivity index (χ1v) is 12.3. The Morgan fingerprint density at radius 2 is 1.59 bits per heavy atom. The number of carbonyl (C=O) groups is 1. The summed E-state index contributed by atoms with van der Waals surface area (Å²) >= 11 is 8.12. The Morgan fingerprint density at radius 3 is 2.25 bits per heavy atom. The van der Waals surface area contributed by atoms with Crippen molar-refractivity contribution in [3.63, 3.8) is 0 Å². The van der Waals surface area contributed by atoms with E-state index in [4.69, 9.17) is 21.8 Å². The number of benzene rings is 2. The average Bonchev–Trinajstić information content (AvgIpc) is 2.80. The topological polar surface area (TPSA) is 67.2 Å². The van der Waals surface area contributed by atoms with E-state index in [9.17, 15) is 4.79 Å². The zero-order valence-electron chi connectivity index (χ0n) is 18.5. The lowest BCUT2D eigenvalue weighted by molar-refractivity contribution is -0.136. The minimum absolute atomic E-state index is 0.222. The normalized spacial score (nSPS) is 16.0. The summed E-state index contributed by atoms with van der Waals surface area (Å²) in [5.74, 6) is -0.745. The van der Waals surface area contributed by atoms with E-state index in [1.165, 1.54) is 21.2 Å². The summed E-state index contributed by atoms with van der Waals surface area (Å²) in [5, 5.41) is 17.6. The number of para-hydroxylation sites is 1. The van der Waals surface area contributed by atoms with E-state index in [1.54, 1.807) is 6.92 Å². The summed E-state index contributed by atoms with van der Waals surface area (Å²) in [6.07, 6.45) is 1.34. The van der Waals surface area contributed by atoms with E-state index >= 15 is 0 Å². The van der Waals surface area contributed by atoms with Crippen molar-refractivity contribution in [3.05, 3.63) is 47.5 Å². The van der Waals surface area contributed by atoms with Crippen LogP contribution in [-0.4, -0.2) is 78.4 Å². The Hall–Kier alpha value is -1.77. The van der Waals surface area contributed by atoms with Gasteiger partial charge in [-0.15, -0.1) is 0 Å². The van der Waals surface area contributed by atoms with Crippen LogP contribution >= 0.6 is 23.4 Å². The van der Waals surface area contributed by atoms with Gasteiger partial charge in [-0.1, -0.05) is 42.4 Å². The van der Waals surface area contributed by atoms with Crippen LogP contribution in [0, 0.1) is 0 Å². The van der Waals surface area contributed by atoms with Crippen molar-refractivity contribution in [2.24, 2.45) is 0 Å². The summed E-state index contributed by atoms with van der Waals surface area (Å²) < 4.78 is 0. The quantitative estimate of drug-likeness (QED) is 0.611. The Balaban J connectivity index is 0.000000523. The maximum absolute atomic E-state index is 9.37. The lowest BCUT2D eigenvalue weighted by atomic mass is 10.2. The van der Waals surface area contributed by atoms with Gasteiger partial charge in [-0.3, -0.25) is 9.69 Å². The largest absolute Gasteiger partial charge is 0.481 e. The van der Waals surface area contributed by atoms with Gasteiger partial charge in [0.05, 0.1) is 18.0 Å². The molecular weight excluding hydrogens is 446 g/mol. The van der Waals surface area contributed by atoms with Crippen LogP contribution in [0.1, 0.15) is 19.8 Å². The van der Waals surface area contributed by atoms with Gasteiger partial charge in [-0.05, 0) is 43.3 Å². The molecule has 1 saturated heterocycles. The van der Waals surface area contributed by atoms with E-state index in [2.05, 4.69) is 51.1 Å². The molecule has 0 atom stereocenters. The molecule has 2 aromatic rings. The number of piperazine rings is 1. The monoisotopic (exact) mass is 477 g/mol. The second-order valence-corrected chi connectivity index (χ2v) is 9.36. The summed E-state index contributed by atoms with van der Waals surface area (Å²) in [6.45, 7) is 9.05. The summed E-state index contributed by atoms with van der Waals surface area (Å²) in [4.78, 5) is 19.3. The molecule has 2 aliphatic rings. The average molecular weight is 478 g/mol. The number of hydrogen-bond acceptors (Lipinski definition) is 6. The highest BCUT2D eigenvalue weighted by Gasteiger charge is 2.23. The molecule has 0 spiro atoms. The van der Waals surface area contributed by atoms with Gasteiger partial charge in [0.25, 0.3) is 0 Å². The van der Waals surface area contributed by atoms with Crippen molar-refractivity contribution in [1.29, 1.82) is 0 Å². The zero-order valence-corrected chi connectivity index (χ0v) is 20.1. The first kappa shape index (κ1) is 24.9. The van der Waals surface area contributed by atoms with Crippen LogP contribution < -0.4 is 4.90 Å². The third kappa shape index (κ3) is 6.86. The van der Waals surface area contributed by atoms with Crippen LogP contribution in [0.2, 0.25) is 5.02 Å². The molecule has 174 valence electrons. The standard InChI is InChI=1S/C21H26ClN3OS.C3H6O2/c22-17-6-7-21-19(16-17)25(18-4-1-2-5-20(18)27-21)9-3-8-23-10-12-24(13-11-23)14-15-26;1-2-3(4)5/h1-2,4-7,16,26H,3,8-15H2;2H2,1H3,(H,4,5). The number of anilines is 2. The number of carboxylic acid groups (broad SMARTS) is 1. The third-order valence-corrected chi connectivity index (χ3v) is 6.99. The number of rotatable bonds is 7. The predicted octanol–water partition coefficient (Wildman–Crippen LogP) is 4.42. The molecule has 32 heavy (non-hydrogen) atoms. The van der Waals surface area contributed by atoms with Crippen molar-refractivity contribution < 1.29 is 15.0 Å². The molecule has 0 bridgehead atoms. The van der Waals surface area contributed by atoms with Crippen molar-refractivity contribution in [1.82, 2.24) is 9.80 Å². The van der Waals surface area contributed by atoms with Gasteiger partial charge in [0, 0.05) is 60.5 Å². The van der Waals surface area contributed by atoms with Crippen LogP contribution in [0.5, 0.6) is 0 Å². The van der Waals surface area contributed by atoms with Crippen molar-refractivity contribution in [2.45, 2.75) is 29.6 Å². The first-order valence-electron chi connectivity index (χ1n) is 11.1. The van der Waals surface area contributed by atoms with Gasteiger partial charge in [0.1, 0.15) is 0 Å². The van der Waals surface area contributed by atoms with E-state index in [-0.39, 0.29) is 13.0 Å². The lowest BCUT2D eigenvalue weighted by Crippen LogP contribution is -2.47. The Kier molecular flexibility index (Phi) is 9.69. The van der Waals surface area contributed by atoms with Gasteiger partial charge >= 0.3 is 5.97 Å². The number of aliphatic hydroxyl groups is 1. The van der Waals surface area contributed by atoms with Gasteiger partial charge in [0.15, 0.2) is 0 Å². The Morgan fingerprint density at radius 1 is 0.969 bits per heavy atom. The van der Waals surface area contributed by atoms with Crippen molar-refractivity contribution >= 4 is 40.7 Å². The Bertz CT molecular complexity index is 891. The second kappa shape index (κ2) is 12.5. The highest BCUT2D eigenvalue weighted by atomic mass is 35.5. The highest BCUT2D eigenvalue weighted by molar-refractivity contribution is 7.99. The highest BCUT2D eigenvalue weighted by Crippen LogP contribution is 2.48. The SMILES string of the molecule is CCC(=O)O.OCCN1CCN(CCCN2c3ccccc3Sc3ccc(Cl)cc32)CC1. The van der Waals surface area contributed by atoms with Crippen LogP contribution in [0.4, 0.5) is 11.4 Å². The molecule has 0 radical (unpaired) electrons. The molecule has 0 aromatic heterocycles. The molecule has 2 N–H and O–H groups in total. The maximum Gasteiger partial charge on any atom is 0.303 e. The van der Waals surface area contributed by atoms with E-state index in [0.29, 0.717) is 0 Å². The molecule has 0 aliphatic carbocycles. The molecular formula is C24H32ClN3O3S. The number of fused-ring (bicyclic) bond motifs is 2. The third-order valence-electron chi connectivity index (χ3n) is 5.63. The number of halogens is 1. The van der Waals surface area contributed by atoms with E-state index < -0.39 is 5.97 Å². The predicted molar refractivity (Wildman–Crippen MR) is 132 cm³/mol. The lowest BCUT2D eigenvalue weighted by Gasteiger charge is -2.36. The van der Waals surface area contributed by atoms with Crippen molar-refractivity contribution in [2.75, 3.05) is 57.3 Å². The summed E-state index contributed by atoms with van der Waals surface area (Å²) in [6, 6.07) is 14.8. The number of β-amino-alcohol motifs (C(OH)–C–C–N with tert-alkyl or cyclic N) is 1. The molecule has 2 heterocycles. The minimum Gasteiger partial charge on any atom is -0.481 e. The smallest absolute Gasteiger partial charge is 0.303 e.